The first kappa shape index (κ1) is 23.3. The molecule has 0 saturated carbocycles. The fraction of sp³-hybridized carbons (Fsp3) is 0.0357. The number of hydrogen-bond donors (Lipinski definition) is 0. The Bertz CT molecular complexity index is 1580. The van der Waals surface area contributed by atoms with Crippen molar-refractivity contribution in [1.82, 2.24) is 9.66 Å². The van der Waals surface area contributed by atoms with Crippen molar-refractivity contribution in [3.05, 3.63) is 127 Å². The van der Waals surface area contributed by atoms with E-state index in [2.05, 4.69) is 27.7 Å². The molecule has 0 atom stereocenters. The standard InChI is InChI=1S/C28H19ClIN3O2/c29-22-13-10-19(11-14-22)18-35-26-15-12-20(16-24(26)30)17-31-33-27(21-6-2-1-3-7-21)32-25-9-5-4-8-23(25)28(33)34/h1-17H,18H2. The monoisotopic (exact) mass is 591 g/mol. The smallest absolute Gasteiger partial charge is 0.282 e. The van der Waals surface area contributed by atoms with Gasteiger partial charge in [-0.05, 0) is 76.2 Å². The fourth-order valence-electron chi connectivity index (χ4n) is 3.59. The van der Waals surface area contributed by atoms with Crippen molar-refractivity contribution in [2.45, 2.75) is 6.61 Å². The molecule has 0 fully saturated rings. The largest absolute Gasteiger partial charge is 0.488 e. The molecule has 0 amide bonds. The summed E-state index contributed by atoms with van der Waals surface area (Å²) in [5.41, 5.74) is 3.11. The second kappa shape index (κ2) is 10.4. The molecule has 0 unspecified atom stereocenters. The maximum absolute atomic E-state index is 13.3. The topological polar surface area (TPSA) is 56.5 Å². The van der Waals surface area contributed by atoms with Crippen molar-refractivity contribution >= 4 is 51.3 Å². The third-order valence-corrected chi connectivity index (χ3v) is 6.47. The van der Waals surface area contributed by atoms with E-state index in [0.717, 1.165) is 26.0 Å². The lowest BCUT2D eigenvalue weighted by atomic mass is 10.2. The van der Waals surface area contributed by atoms with Gasteiger partial charge in [0.05, 0.1) is 20.7 Å². The summed E-state index contributed by atoms with van der Waals surface area (Å²) in [6.07, 6.45) is 1.66. The molecule has 1 heterocycles. The van der Waals surface area contributed by atoms with Crippen LogP contribution >= 0.6 is 34.2 Å². The van der Waals surface area contributed by atoms with Crippen LogP contribution in [0.2, 0.25) is 5.02 Å². The molecule has 0 bridgehead atoms. The zero-order valence-electron chi connectivity index (χ0n) is 18.4. The molecule has 0 saturated heterocycles. The van der Waals surface area contributed by atoms with Crippen molar-refractivity contribution in [2.24, 2.45) is 5.10 Å². The van der Waals surface area contributed by atoms with Crippen LogP contribution in [0.4, 0.5) is 0 Å². The highest BCUT2D eigenvalue weighted by Gasteiger charge is 2.12. The van der Waals surface area contributed by atoms with Crippen LogP contribution in [0.1, 0.15) is 11.1 Å². The number of ether oxygens (including phenoxy) is 1. The fourth-order valence-corrected chi connectivity index (χ4v) is 4.41. The van der Waals surface area contributed by atoms with Gasteiger partial charge in [-0.1, -0.05) is 66.2 Å². The lowest BCUT2D eigenvalue weighted by Crippen LogP contribution is -2.20. The molecule has 0 spiro atoms. The third-order valence-electron chi connectivity index (χ3n) is 5.37. The summed E-state index contributed by atoms with van der Waals surface area (Å²) in [5, 5.41) is 5.75. The second-order valence-corrected chi connectivity index (χ2v) is 9.38. The Morgan fingerprint density at radius 1 is 0.943 bits per heavy atom. The minimum Gasteiger partial charge on any atom is -0.488 e. The maximum atomic E-state index is 13.3. The highest BCUT2D eigenvalue weighted by atomic mass is 127. The van der Waals surface area contributed by atoms with Gasteiger partial charge < -0.3 is 4.74 Å². The Morgan fingerprint density at radius 2 is 1.69 bits per heavy atom. The van der Waals surface area contributed by atoms with E-state index in [-0.39, 0.29) is 5.56 Å². The SMILES string of the molecule is O=c1c2ccccc2nc(-c2ccccc2)n1N=Cc1ccc(OCc2ccc(Cl)cc2)c(I)c1. The molecule has 4 aromatic carbocycles. The highest BCUT2D eigenvalue weighted by molar-refractivity contribution is 14.1. The van der Waals surface area contributed by atoms with Crippen LogP contribution < -0.4 is 10.3 Å². The summed E-state index contributed by atoms with van der Waals surface area (Å²) in [4.78, 5) is 18.0. The van der Waals surface area contributed by atoms with Crippen molar-refractivity contribution in [3.8, 4) is 17.1 Å². The van der Waals surface area contributed by atoms with E-state index < -0.39 is 0 Å². The molecule has 0 radical (unpaired) electrons. The van der Waals surface area contributed by atoms with Crippen molar-refractivity contribution in [3.63, 3.8) is 0 Å². The Hall–Kier alpha value is -3.49. The summed E-state index contributed by atoms with van der Waals surface area (Å²) >= 11 is 8.18. The highest BCUT2D eigenvalue weighted by Crippen LogP contribution is 2.23. The van der Waals surface area contributed by atoms with E-state index in [1.165, 1.54) is 4.68 Å². The van der Waals surface area contributed by atoms with Crippen LogP contribution in [0.5, 0.6) is 5.75 Å². The lowest BCUT2D eigenvalue weighted by molar-refractivity contribution is 0.304. The van der Waals surface area contributed by atoms with Gasteiger partial charge in [0.15, 0.2) is 5.82 Å². The number of rotatable bonds is 6. The molecule has 0 N–H and O–H groups in total. The molecular weight excluding hydrogens is 573 g/mol. The molecule has 5 aromatic rings. The summed E-state index contributed by atoms with van der Waals surface area (Å²) in [7, 11) is 0. The molecule has 0 aliphatic heterocycles. The number of nitrogens with zero attached hydrogens (tertiary/aromatic N) is 3. The quantitative estimate of drug-likeness (QED) is 0.162. The van der Waals surface area contributed by atoms with E-state index in [1.807, 2.05) is 91.0 Å². The van der Waals surface area contributed by atoms with Gasteiger partial charge in [-0.25, -0.2) is 4.98 Å². The molecular formula is C28H19ClIN3O2. The van der Waals surface area contributed by atoms with Gasteiger partial charge in [0.2, 0.25) is 0 Å². The molecule has 35 heavy (non-hydrogen) atoms. The summed E-state index contributed by atoms with van der Waals surface area (Å²) in [5.74, 6) is 1.26. The van der Waals surface area contributed by atoms with E-state index in [4.69, 9.17) is 21.3 Å². The van der Waals surface area contributed by atoms with Gasteiger partial charge >= 0.3 is 0 Å². The van der Waals surface area contributed by atoms with E-state index in [9.17, 15) is 4.79 Å². The van der Waals surface area contributed by atoms with Crippen LogP contribution in [-0.4, -0.2) is 15.9 Å². The summed E-state index contributed by atoms with van der Waals surface area (Å²) < 4.78 is 8.26. The summed E-state index contributed by atoms with van der Waals surface area (Å²) in [6.45, 7) is 0.444. The van der Waals surface area contributed by atoms with Crippen LogP contribution in [0.3, 0.4) is 0 Å². The molecule has 1 aromatic heterocycles. The zero-order chi connectivity index (χ0) is 24.2. The second-order valence-electron chi connectivity index (χ2n) is 7.79. The van der Waals surface area contributed by atoms with Gasteiger partial charge in [0, 0.05) is 10.6 Å². The maximum Gasteiger partial charge on any atom is 0.282 e. The normalized spacial score (nSPS) is 11.3. The van der Waals surface area contributed by atoms with Crippen molar-refractivity contribution in [2.75, 3.05) is 0 Å². The predicted molar refractivity (Wildman–Crippen MR) is 149 cm³/mol. The van der Waals surface area contributed by atoms with E-state index in [1.54, 1.807) is 12.3 Å². The van der Waals surface area contributed by atoms with Crippen molar-refractivity contribution < 1.29 is 4.74 Å². The van der Waals surface area contributed by atoms with Gasteiger partial charge in [-0.2, -0.15) is 9.78 Å². The first-order valence-electron chi connectivity index (χ1n) is 10.9. The van der Waals surface area contributed by atoms with Crippen molar-refractivity contribution in [1.29, 1.82) is 0 Å². The Labute approximate surface area is 220 Å². The molecule has 5 nitrogen and oxygen atoms in total. The number of hydrogen-bond acceptors (Lipinski definition) is 4. The average Bonchev–Trinajstić information content (AvgIpc) is 2.89. The van der Waals surface area contributed by atoms with E-state index in [0.29, 0.717) is 28.4 Å². The molecule has 0 aliphatic carbocycles. The minimum atomic E-state index is -0.219. The number of aromatic nitrogens is 2. The minimum absolute atomic E-state index is 0.219. The van der Waals surface area contributed by atoms with Gasteiger partial charge in [0.1, 0.15) is 12.4 Å². The van der Waals surface area contributed by atoms with Crippen LogP contribution in [0.25, 0.3) is 22.3 Å². The van der Waals surface area contributed by atoms with Crippen LogP contribution in [0.15, 0.2) is 107 Å². The van der Waals surface area contributed by atoms with Gasteiger partial charge in [0.25, 0.3) is 5.56 Å². The number of para-hydroxylation sites is 1. The predicted octanol–water partition coefficient (Wildman–Crippen LogP) is 6.78. The molecule has 172 valence electrons. The molecule has 0 aliphatic rings. The average molecular weight is 592 g/mol. The van der Waals surface area contributed by atoms with Gasteiger partial charge in [-0.15, -0.1) is 0 Å². The molecule has 7 heteroatoms. The first-order chi connectivity index (χ1) is 17.1. The van der Waals surface area contributed by atoms with Crippen LogP contribution in [0, 0.1) is 3.57 Å². The Morgan fingerprint density at radius 3 is 2.46 bits per heavy atom. The van der Waals surface area contributed by atoms with E-state index >= 15 is 0 Å². The lowest BCUT2D eigenvalue weighted by Gasteiger charge is -2.10. The Balaban J connectivity index is 1.45. The zero-order valence-corrected chi connectivity index (χ0v) is 21.3. The number of benzene rings is 4. The number of fused-ring (bicyclic) bond motifs is 1. The summed E-state index contributed by atoms with van der Waals surface area (Å²) in [6, 6.07) is 30.2. The van der Waals surface area contributed by atoms with Gasteiger partial charge in [-0.3, -0.25) is 4.79 Å². The first-order valence-corrected chi connectivity index (χ1v) is 12.3. The Kier molecular flexibility index (Phi) is 6.92. The van der Waals surface area contributed by atoms with Crippen LogP contribution in [-0.2, 0) is 6.61 Å². The molecule has 5 rings (SSSR count). The number of halogens is 2. The third kappa shape index (κ3) is 5.28.